The molecule has 0 amide bonds. The summed E-state index contributed by atoms with van der Waals surface area (Å²) in [5, 5.41) is 9.89. The van der Waals surface area contributed by atoms with Gasteiger partial charge in [0.05, 0.1) is 5.52 Å². The molecule has 0 radical (unpaired) electrons. The summed E-state index contributed by atoms with van der Waals surface area (Å²) in [6.07, 6.45) is 5.57. The zero-order valence-electron chi connectivity index (χ0n) is 11.9. The number of halogens is 1. The van der Waals surface area contributed by atoms with Crippen LogP contribution in [0.3, 0.4) is 0 Å². The van der Waals surface area contributed by atoms with E-state index in [1.807, 2.05) is 12.1 Å². The lowest BCUT2D eigenvalue weighted by atomic mass is 9.90. The molecule has 3 N–H and O–H groups in total. The van der Waals surface area contributed by atoms with Crippen molar-refractivity contribution in [2.24, 2.45) is 0 Å². The third-order valence-electron chi connectivity index (χ3n) is 4.21. The number of rotatable bonds is 5. The Balaban J connectivity index is 2.11. The van der Waals surface area contributed by atoms with E-state index in [9.17, 15) is 4.39 Å². The third kappa shape index (κ3) is 2.53. The number of hydrogen-bond donors (Lipinski definition) is 2. The van der Waals surface area contributed by atoms with Crippen molar-refractivity contribution in [2.45, 2.75) is 31.7 Å². The minimum atomic E-state index is -0.330. The second-order valence-corrected chi connectivity index (χ2v) is 5.55. The van der Waals surface area contributed by atoms with Crippen LogP contribution in [-0.4, -0.2) is 29.3 Å². The van der Waals surface area contributed by atoms with E-state index in [2.05, 4.69) is 9.88 Å². The Bertz CT molecular complexity index is 643. The Labute approximate surface area is 123 Å². The van der Waals surface area contributed by atoms with Crippen LogP contribution < -0.4 is 10.6 Å². The van der Waals surface area contributed by atoms with Gasteiger partial charge in [-0.05, 0) is 43.9 Å². The molecule has 1 saturated carbocycles. The Morgan fingerprint density at radius 1 is 1.43 bits per heavy atom. The zero-order chi connectivity index (χ0) is 14.8. The van der Waals surface area contributed by atoms with Gasteiger partial charge in [-0.15, -0.1) is 0 Å². The third-order valence-corrected chi connectivity index (χ3v) is 4.21. The number of nitrogens with zero attached hydrogens (tertiary/aromatic N) is 2. The molecule has 0 bridgehead atoms. The summed E-state index contributed by atoms with van der Waals surface area (Å²) >= 11 is 0. The van der Waals surface area contributed by atoms with Gasteiger partial charge in [0.15, 0.2) is 5.82 Å². The molecule has 0 spiro atoms. The van der Waals surface area contributed by atoms with Gasteiger partial charge in [-0.2, -0.15) is 0 Å². The van der Waals surface area contributed by atoms with E-state index in [-0.39, 0.29) is 12.4 Å². The number of nitrogen functional groups attached to an aromatic ring is 1. The van der Waals surface area contributed by atoms with Crippen LogP contribution in [0.25, 0.3) is 10.9 Å². The van der Waals surface area contributed by atoms with E-state index in [1.165, 1.54) is 12.5 Å². The highest BCUT2D eigenvalue weighted by atomic mass is 19.1. The number of aliphatic hydroxyl groups is 1. The monoisotopic (exact) mass is 289 g/mol. The van der Waals surface area contributed by atoms with E-state index in [0.717, 1.165) is 18.2 Å². The second kappa shape index (κ2) is 5.85. The minimum absolute atomic E-state index is 0.102. The van der Waals surface area contributed by atoms with Crippen LogP contribution in [-0.2, 0) is 0 Å². The number of aliphatic hydroxyl groups excluding tert-OH is 1. The van der Waals surface area contributed by atoms with Crippen molar-refractivity contribution < 1.29 is 9.50 Å². The summed E-state index contributed by atoms with van der Waals surface area (Å²) in [5.74, 6) is -0.330. The maximum atomic E-state index is 14.6. The topological polar surface area (TPSA) is 62.4 Å². The lowest BCUT2D eigenvalue weighted by Gasteiger charge is -2.39. The van der Waals surface area contributed by atoms with Crippen LogP contribution in [0.15, 0.2) is 24.4 Å². The summed E-state index contributed by atoms with van der Waals surface area (Å²) in [6, 6.07) is 5.39. The lowest BCUT2D eigenvalue weighted by Crippen LogP contribution is -2.41. The van der Waals surface area contributed by atoms with Crippen LogP contribution in [0, 0.1) is 5.82 Å². The van der Waals surface area contributed by atoms with Gasteiger partial charge in [0.25, 0.3) is 0 Å². The maximum absolute atomic E-state index is 14.6. The summed E-state index contributed by atoms with van der Waals surface area (Å²) in [7, 11) is 0. The minimum Gasteiger partial charge on any atom is -0.398 e. The number of pyridine rings is 1. The molecule has 0 aliphatic heterocycles. The number of benzene rings is 1. The number of nitrogens with two attached hydrogens (primary N) is 1. The molecular weight excluding hydrogens is 269 g/mol. The molecule has 0 saturated heterocycles. The first-order valence-electron chi connectivity index (χ1n) is 7.42. The number of hydrogen-bond acceptors (Lipinski definition) is 4. The average Bonchev–Trinajstić information content (AvgIpc) is 2.42. The lowest BCUT2D eigenvalue weighted by molar-refractivity contribution is 0.282. The molecule has 1 aromatic heterocycles. The van der Waals surface area contributed by atoms with E-state index >= 15 is 0 Å². The number of fused-ring (bicyclic) bond motifs is 1. The standard InChI is InChI=1S/C16H20FN3O/c17-13-10-14(18)12-6-2-7-19-15(12)16(13)20(8-3-9-21)11-4-1-5-11/h2,6-7,10-11,21H,1,3-5,8-9,18H2. The van der Waals surface area contributed by atoms with Gasteiger partial charge in [-0.1, -0.05) is 0 Å². The Morgan fingerprint density at radius 3 is 2.90 bits per heavy atom. The molecule has 1 heterocycles. The first-order chi connectivity index (χ1) is 10.2. The molecule has 3 rings (SSSR count). The van der Waals surface area contributed by atoms with Crippen molar-refractivity contribution in [3.05, 3.63) is 30.2 Å². The van der Waals surface area contributed by atoms with Crippen molar-refractivity contribution in [1.29, 1.82) is 0 Å². The first-order valence-corrected chi connectivity index (χ1v) is 7.42. The van der Waals surface area contributed by atoms with Crippen molar-refractivity contribution >= 4 is 22.3 Å². The van der Waals surface area contributed by atoms with Crippen LogP contribution in [0.5, 0.6) is 0 Å². The van der Waals surface area contributed by atoms with E-state index < -0.39 is 0 Å². The molecule has 0 unspecified atom stereocenters. The highest BCUT2D eigenvalue weighted by molar-refractivity contribution is 5.99. The molecule has 21 heavy (non-hydrogen) atoms. The van der Waals surface area contributed by atoms with Gasteiger partial charge >= 0.3 is 0 Å². The summed E-state index contributed by atoms with van der Waals surface area (Å²) in [6.45, 7) is 0.735. The highest BCUT2D eigenvalue weighted by Gasteiger charge is 2.28. The summed E-state index contributed by atoms with van der Waals surface area (Å²) < 4.78 is 14.6. The van der Waals surface area contributed by atoms with Crippen molar-refractivity contribution in [3.8, 4) is 0 Å². The van der Waals surface area contributed by atoms with Gasteiger partial charge in [0.1, 0.15) is 5.69 Å². The molecular formula is C16H20FN3O. The van der Waals surface area contributed by atoms with Gasteiger partial charge in [0, 0.05) is 36.5 Å². The smallest absolute Gasteiger partial charge is 0.150 e. The molecule has 0 atom stereocenters. The van der Waals surface area contributed by atoms with Crippen LogP contribution >= 0.6 is 0 Å². The van der Waals surface area contributed by atoms with Gasteiger partial charge in [-0.25, -0.2) is 4.39 Å². The van der Waals surface area contributed by atoms with Crippen molar-refractivity contribution in [2.75, 3.05) is 23.8 Å². The molecule has 1 aliphatic carbocycles. The Morgan fingerprint density at radius 2 is 2.24 bits per heavy atom. The molecule has 1 aliphatic rings. The fourth-order valence-electron chi connectivity index (χ4n) is 2.91. The van der Waals surface area contributed by atoms with Crippen molar-refractivity contribution in [3.63, 3.8) is 0 Å². The molecule has 1 aromatic carbocycles. The first kappa shape index (κ1) is 14.1. The largest absolute Gasteiger partial charge is 0.398 e. The van der Waals surface area contributed by atoms with E-state index in [0.29, 0.717) is 35.9 Å². The predicted molar refractivity (Wildman–Crippen MR) is 82.8 cm³/mol. The normalized spacial score (nSPS) is 15.1. The summed E-state index contributed by atoms with van der Waals surface area (Å²) in [5.41, 5.74) is 7.46. The molecule has 2 aromatic rings. The molecule has 4 nitrogen and oxygen atoms in total. The fourth-order valence-corrected chi connectivity index (χ4v) is 2.91. The second-order valence-electron chi connectivity index (χ2n) is 5.55. The van der Waals surface area contributed by atoms with Gasteiger partial charge < -0.3 is 15.7 Å². The molecule has 5 heteroatoms. The number of aromatic nitrogens is 1. The maximum Gasteiger partial charge on any atom is 0.150 e. The van der Waals surface area contributed by atoms with E-state index in [1.54, 1.807) is 6.20 Å². The molecule has 1 fully saturated rings. The summed E-state index contributed by atoms with van der Waals surface area (Å²) in [4.78, 5) is 6.41. The molecule has 112 valence electrons. The van der Waals surface area contributed by atoms with Crippen LogP contribution in [0.1, 0.15) is 25.7 Å². The Kier molecular flexibility index (Phi) is 3.92. The zero-order valence-corrected chi connectivity index (χ0v) is 11.9. The Hall–Kier alpha value is -1.88. The van der Waals surface area contributed by atoms with Crippen LogP contribution in [0.2, 0.25) is 0 Å². The van der Waals surface area contributed by atoms with Crippen LogP contribution in [0.4, 0.5) is 15.8 Å². The fraction of sp³-hybridized carbons (Fsp3) is 0.438. The highest BCUT2D eigenvalue weighted by Crippen LogP contribution is 2.37. The average molecular weight is 289 g/mol. The number of anilines is 2. The van der Waals surface area contributed by atoms with E-state index in [4.69, 9.17) is 10.8 Å². The SMILES string of the molecule is Nc1cc(F)c(N(CCCO)C2CCC2)c2ncccc12. The van der Waals surface area contributed by atoms with Gasteiger partial charge in [-0.3, -0.25) is 4.98 Å². The van der Waals surface area contributed by atoms with Crippen molar-refractivity contribution in [1.82, 2.24) is 4.98 Å². The van der Waals surface area contributed by atoms with Gasteiger partial charge in [0.2, 0.25) is 0 Å². The quantitative estimate of drug-likeness (QED) is 0.831. The predicted octanol–water partition coefficient (Wildman–Crippen LogP) is 2.70.